The minimum absolute atomic E-state index is 0.509. The van der Waals surface area contributed by atoms with Crippen LogP contribution >= 0.6 is 0 Å². The lowest BCUT2D eigenvalue weighted by atomic mass is 9.87. The zero-order valence-corrected chi connectivity index (χ0v) is 11.1. The third-order valence-electron chi connectivity index (χ3n) is 3.44. The number of rotatable bonds is 4. The van der Waals surface area contributed by atoms with Gasteiger partial charge in [0, 0.05) is 18.4 Å². The molecule has 1 N–H and O–H groups in total. The molecule has 0 aromatic carbocycles. The van der Waals surface area contributed by atoms with Crippen LogP contribution in [-0.4, -0.2) is 28.9 Å². The first-order valence-electron chi connectivity index (χ1n) is 6.55. The van der Waals surface area contributed by atoms with Gasteiger partial charge in [-0.15, -0.1) is 0 Å². The maximum Gasteiger partial charge on any atom is 0.137 e. The molecule has 2 atom stereocenters. The molecule has 18 heavy (non-hydrogen) atoms. The van der Waals surface area contributed by atoms with Gasteiger partial charge in [0.2, 0.25) is 0 Å². The smallest absolute Gasteiger partial charge is 0.137 e. The van der Waals surface area contributed by atoms with Crippen molar-refractivity contribution in [2.45, 2.75) is 44.8 Å². The zero-order valence-electron chi connectivity index (χ0n) is 11.1. The van der Waals surface area contributed by atoms with E-state index in [4.69, 9.17) is 9.47 Å². The summed E-state index contributed by atoms with van der Waals surface area (Å²) in [6, 6.07) is 1.84. The van der Waals surface area contributed by atoms with Gasteiger partial charge in [0.25, 0.3) is 0 Å². The van der Waals surface area contributed by atoms with Gasteiger partial charge in [-0.2, -0.15) is 0 Å². The predicted octanol–water partition coefficient (Wildman–Crippen LogP) is 2.47. The summed E-state index contributed by atoms with van der Waals surface area (Å²) in [5.41, 5.74) is 0.246. The fourth-order valence-corrected chi connectivity index (χ4v) is 2.35. The van der Waals surface area contributed by atoms with Crippen molar-refractivity contribution in [3.8, 4) is 5.75 Å². The van der Waals surface area contributed by atoms with Crippen LogP contribution in [0.1, 0.15) is 44.8 Å². The number of pyridine rings is 1. The molecule has 0 spiro atoms. The molecule has 2 unspecified atom stereocenters. The standard InChI is InChI=1S/C14H21NO3/c1-3-17-12-8-11(9-15-10-12)13(16)14(2)6-4-5-7-18-14/h8-10,13,16H,3-7H2,1-2H3. The minimum atomic E-state index is -0.661. The minimum Gasteiger partial charge on any atom is -0.492 e. The third kappa shape index (κ3) is 2.82. The molecule has 1 aliphatic heterocycles. The summed E-state index contributed by atoms with van der Waals surface area (Å²) in [6.45, 7) is 5.19. The molecule has 0 aliphatic carbocycles. The van der Waals surface area contributed by atoms with Gasteiger partial charge in [0.15, 0.2) is 0 Å². The number of hydrogen-bond donors (Lipinski definition) is 1. The molecule has 100 valence electrons. The van der Waals surface area contributed by atoms with E-state index in [0.29, 0.717) is 19.0 Å². The van der Waals surface area contributed by atoms with E-state index in [-0.39, 0.29) is 0 Å². The van der Waals surface area contributed by atoms with Gasteiger partial charge in [-0.3, -0.25) is 4.98 Å². The fourth-order valence-electron chi connectivity index (χ4n) is 2.35. The van der Waals surface area contributed by atoms with Crippen molar-refractivity contribution in [1.82, 2.24) is 4.98 Å². The highest BCUT2D eigenvalue weighted by Crippen LogP contribution is 2.36. The van der Waals surface area contributed by atoms with Crippen LogP contribution in [0.5, 0.6) is 5.75 Å². The molecule has 1 saturated heterocycles. The van der Waals surface area contributed by atoms with Gasteiger partial charge < -0.3 is 14.6 Å². The van der Waals surface area contributed by atoms with Crippen LogP contribution in [-0.2, 0) is 4.74 Å². The van der Waals surface area contributed by atoms with Crippen molar-refractivity contribution < 1.29 is 14.6 Å². The van der Waals surface area contributed by atoms with E-state index in [1.807, 2.05) is 19.9 Å². The molecular formula is C14H21NO3. The number of hydrogen-bond acceptors (Lipinski definition) is 4. The number of aromatic nitrogens is 1. The summed E-state index contributed by atoms with van der Waals surface area (Å²) >= 11 is 0. The van der Waals surface area contributed by atoms with Crippen molar-refractivity contribution >= 4 is 0 Å². The Morgan fingerprint density at radius 1 is 1.50 bits per heavy atom. The molecule has 4 nitrogen and oxygen atoms in total. The first-order valence-corrected chi connectivity index (χ1v) is 6.55. The van der Waals surface area contributed by atoms with E-state index < -0.39 is 11.7 Å². The van der Waals surface area contributed by atoms with E-state index in [1.165, 1.54) is 0 Å². The lowest BCUT2D eigenvalue weighted by Crippen LogP contribution is -2.39. The van der Waals surface area contributed by atoms with E-state index >= 15 is 0 Å². The van der Waals surface area contributed by atoms with Crippen molar-refractivity contribution in [2.24, 2.45) is 0 Å². The molecule has 2 rings (SSSR count). The number of aliphatic hydroxyl groups is 1. The van der Waals surface area contributed by atoms with Crippen molar-refractivity contribution in [3.63, 3.8) is 0 Å². The number of nitrogens with zero attached hydrogens (tertiary/aromatic N) is 1. The second-order valence-electron chi connectivity index (χ2n) is 4.91. The topological polar surface area (TPSA) is 51.6 Å². The Balaban J connectivity index is 2.16. The summed E-state index contributed by atoms with van der Waals surface area (Å²) < 4.78 is 11.2. The molecule has 1 aliphatic rings. The highest BCUT2D eigenvalue weighted by atomic mass is 16.5. The zero-order chi connectivity index (χ0) is 13.0. The molecule has 1 fully saturated rings. The Morgan fingerprint density at radius 2 is 2.33 bits per heavy atom. The summed E-state index contributed by atoms with van der Waals surface area (Å²) in [5.74, 6) is 0.688. The van der Waals surface area contributed by atoms with Crippen LogP contribution in [0.3, 0.4) is 0 Å². The van der Waals surface area contributed by atoms with E-state index in [0.717, 1.165) is 24.8 Å². The lowest BCUT2D eigenvalue weighted by Gasteiger charge is -2.38. The van der Waals surface area contributed by atoms with Crippen molar-refractivity contribution in [1.29, 1.82) is 0 Å². The summed E-state index contributed by atoms with van der Waals surface area (Å²) in [6.07, 6.45) is 5.70. The second kappa shape index (κ2) is 5.67. The SMILES string of the molecule is CCOc1cncc(C(O)C2(C)CCCCO2)c1. The summed E-state index contributed by atoms with van der Waals surface area (Å²) in [7, 11) is 0. The molecule has 0 bridgehead atoms. The van der Waals surface area contributed by atoms with Gasteiger partial charge in [-0.05, 0) is 39.2 Å². The lowest BCUT2D eigenvalue weighted by molar-refractivity contribution is -0.138. The first kappa shape index (κ1) is 13.3. The maximum atomic E-state index is 10.5. The summed E-state index contributed by atoms with van der Waals surface area (Å²) in [4.78, 5) is 4.11. The molecule has 1 aromatic rings. The van der Waals surface area contributed by atoms with Crippen LogP contribution < -0.4 is 4.74 Å². The monoisotopic (exact) mass is 251 g/mol. The van der Waals surface area contributed by atoms with Crippen molar-refractivity contribution in [3.05, 3.63) is 24.0 Å². The first-order chi connectivity index (χ1) is 8.65. The predicted molar refractivity (Wildman–Crippen MR) is 68.6 cm³/mol. The second-order valence-corrected chi connectivity index (χ2v) is 4.91. The largest absolute Gasteiger partial charge is 0.492 e. The van der Waals surface area contributed by atoms with E-state index in [1.54, 1.807) is 12.4 Å². The molecule has 2 heterocycles. The molecule has 1 aromatic heterocycles. The Bertz CT molecular complexity index is 388. The fraction of sp³-hybridized carbons (Fsp3) is 0.643. The van der Waals surface area contributed by atoms with Crippen molar-refractivity contribution in [2.75, 3.05) is 13.2 Å². The number of aliphatic hydroxyl groups excluding tert-OH is 1. The Labute approximate surface area is 108 Å². The van der Waals surface area contributed by atoms with Crippen LogP contribution in [0.15, 0.2) is 18.5 Å². The molecular weight excluding hydrogens is 230 g/mol. The van der Waals surface area contributed by atoms with Crippen LogP contribution in [0, 0.1) is 0 Å². The maximum absolute atomic E-state index is 10.5. The molecule has 0 radical (unpaired) electrons. The summed E-state index contributed by atoms with van der Waals surface area (Å²) in [5, 5.41) is 10.5. The van der Waals surface area contributed by atoms with Crippen LogP contribution in [0.25, 0.3) is 0 Å². The average Bonchev–Trinajstić information content (AvgIpc) is 2.39. The van der Waals surface area contributed by atoms with Gasteiger partial charge >= 0.3 is 0 Å². The van der Waals surface area contributed by atoms with E-state index in [9.17, 15) is 5.11 Å². The Hall–Kier alpha value is -1.13. The number of ether oxygens (including phenoxy) is 2. The molecule has 0 amide bonds. The van der Waals surface area contributed by atoms with E-state index in [2.05, 4.69) is 4.98 Å². The van der Waals surface area contributed by atoms with Gasteiger partial charge in [-0.25, -0.2) is 0 Å². The van der Waals surface area contributed by atoms with Gasteiger partial charge in [-0.1, -0.05) is 0 Å². The molecule has 0 saturated carbocycles. The Morgan fingerprint density at radius 3 is 3.00 bits per heavy atom. The van der Waals surface area contributed by atoms with Gasteiger partial charge in [0.1, 0.15) is 11.9 Å². The third-order valence-corrected chi connectivity index (χ3v) is 3.44. The van der Waals surface area contributed by atoms with Crippen LogP contribution in [0.4, 0.5) is 0 Å². The van der Waals surface area contributed by atoms with Crippen LogP contribution in [0.2, 0.25) is 0 Å². The normalized spacial score (nSPS) is 25.7. The Kier molecular flexibility index (Phi) is 4.19. The van der Waals surface area contributed by atoms with Gasteiger partial charge in [0.05, 0.1) is 18.4 Å². The molecule has 4 heteroatoms. The average molecular weight is 251 g/mol. The highest BCUT2D eigenvalue weighted by molar-refractivity contribution is 5.26. The quantitative estimate of drug-likeness (QED) is 0.893. The highest BCUT2D eigenvalue weighted by Gasteiger charge is 2.36.